The predicted molar refractivity (Wildman–Crippen MR) is 138 cm³/mol. The van der Waals surface area contributed by atoms with Crippen molar-refractivity contribution in [3.8, 4) is 0 Å². The van der Waals surface area contributed by atoms with Gasteiger partial charge in [0.05, 0.1) is 17.9 Å². The largest absolute Gasteiger partial charge is 0.342 e. The number of pyridine rings is 1. The molecule has 1 saturated heterocycles. The average Bonchev–Trinajstić information content (AvgIpc) is 3.26. The van der Waals surface area contributed by atoms with Gasteiger partial charge in [0.15, 0.2) is 5.82 Å². The number of anilines is 1. The van der Waals surface area contributed by atoms with Crippen LogP contribution < -0.4 is 5.32 Å². The number of likely N-dealkylation sites (N-methyl/N-ethyl adjacent to an activating group) is 1. The van der Waals surface area contributed by atoms with E-state index in [4.69, 9.17) is 4.98 Å². The number of allylic oxidation sites excluding steroid dienone is 2. The van der Waals surface area contributed by atoms with Gasteiger partial charge in [-0.15, -0.1) is 0 Å². The molecule has 0 bridgehead atoms. The SMILES string of the molecule is Cc1cnc(C(=O)Nc2ccc(C3CCN(C(=O)CN(C)C)CC3)nc2C2=CCC(C)(C)CC2)[nH]1. The summed E-state index contributed by atoms with van der Waals surface area (Å²) >= 11 is 0. The fraction of sp³-hybridized carbons (Fsp3) is 0.556. The third kappa shape index (κ3) is 6.17. The fourth-order valence-corrected chi connectivity index (χ4v) is 4.84. The molecule has 35 heavy (non-hydrogen) atoms. The molecule has 0 radical (unpaired) electrons. The minimum atomic E-state index is -0.265. The number of carbonyl (C=O) groups excluding carboxylic acids is 2. The van der Waals surface area contributed by atoms with Gasteiger partial charge in [-0.25, -0.2) is 4.98 Å². The highest BCUT2D eigenvalue weighted by Gasteiger charge is 2.28. The smallest absolute Gasteiger partial charge is 0.291 e. The summed E-state index contributed by atoms with van der Waals surface area (Å²) in [6.45, 7) is 8.40. The highest BCUT2D eigenvalue weighted by Crippen LogP contribution is 2.40. The number of aromatic amines is 1. The van der Waals surface area contributed by atoms with E-state index < -0.39 is 0 Å². The third-order valence-electron chi connectivity index (χ3n) is 7.08. The van der Waals surface area contributed by atoms with Gasteiger partial charge in [0, 0.05) is 36.6 Å². The van der Waals surface area contributed by atoms with Crippen LogP contribution in [0, 0.1) is 12.3 Å². The number of nitrogens with one attached hydrogen (secondary N) is 2. The Morgan fingerprint density at radius 2 is 1.97 bits per heavy atom. The van der Waals surface area contributed by atoms with Crippen molar-refractivity contribution in [3.05, 3.63) is 47.3 Å². The van der Waals surface area contributed by atoms with Crippen LogP contribution in [0.25, 0.3) is 5.57 Å². The number of hydrogen-bond acceptors (Lipinski definition) is 5. The van der Waals surface area contributed by atoms with Crippen LogP contribution in [0.3, 0.4) is 0 Å². The molecule has 0 spiro atoms. The van der Waals surface area contributed by atoms with Crippen LogP contribution in [-0.4, -0.2) is 70.3 Å². The molecular weight excluding hydrogens is 440 g/mol. The summed E-state index contributed by atoms with van der Waals surface area (Å²) in [6, 6.07) is 4.01. The van der Waals surface area contributed by atoms with Gasteiger partial charge in [0.2, 0.25) is 5.91 Å². The maximum atomic E-state index is 12.8. The number of hydrogen-bond donors (Lipinski definition) is 2. The molecule has 1 aliphatic heterocycles. The van der Waals surface area contributed by atoms with Crippen molar-refractivity contribution in [1.82, 2.24) is 24.8 Å². The van der Waals surface area contributed by atoms with E-state index >= 15 is 0 Å². The van der Waals surface area contributed by atoms with E-state index in [1.165, 1.54) is 5.57 Å². The number of H-pyrrole nitrogens is 1. The van der Waals surface area contributed by atoms with Crippen molar-refractivity contribution >= 4 is 23.1 Å². The Balaban J connectivity index is 1.55. The highest BCUT2D eigenvalue weighted by atomic mass is 16.2. The van der Waals surface area contributed by atoms with Crippen LogP contribution in [-0.2, 0) is 4.79 Å². The van der Waals surface area contributed by atoms with Gasteiger partial charge in [0.1, 0.15) is 0 Å². The maximum absolute atomic E-state index is 12.8. The van der Waals surface area contributed by atoms with Crippen LogP contribution in [0.4, 0.5) is 5.69 Å². The van der Waals surface area contributed by atoms with Crippen LogP contribution in [0.1, 0.15) is 79.6 Å². The molecule has 2 aromatic rings. The lowest BCUT2D eigenvalue weighted by Crippen LogP contribution is -2.42. The molecule has 2 aromatic heterocycles. The van der Waals surface area contributed by atoms with E-state index in [0.717, 1.165) is 68.0 Å². The van der Waals surface area contributed by atoms with Gasteiger partial charge in [-0.2, -0.15) is 0 Å². The second-order valence-electron chi connectivity index (χ2n) is 11.0. The lowest BCUT2D eigenvalue weighted by atomic mass is 9.77. The number of carbonyl (C=O) groups is 2. The van der Waals surface area contributed by atoms with Crippen LogP contribution in [0.2, 0.25) is 0 Å². The van der Waals surface area contributed by atoms with E-state index in [1.54, 1.807) is 6.20 Å². The molecule has 1 aliphatic carbocycles. The van der Waals surface area contributed by atoms with Crippen LogP contribution in [0.15, 0.2) is 24.4 Å². The molecular formula is C27H38N6O2. The maximum Gasteiger partial charge on any atom is 0.291 e. The van der Waals surface area contributed by atoms with Gasteiger partial charge in [0.25, 0.3) is 5.91 Å². The normalized spacial score (nSPS) is 18.5. The summed E-state index contributed by atoms with van der Waals surface area (Å²) in [6.07, 6.45) is 8.74. The number of imidazole rings is 1. The van der Waals surface area contributed by atoms with Crippen LogP contribution in [0.5, 0.6) is 0 Å². The van der Waals surface area contributed by atoms with Crippen molar-refractivity contribution in [2.45, 2.75) is 58.8 Å². The summed E-state index contributed by atoms with van der Waals surface area (Å²) in [5.74, 6) is 0.517. The zero-order chi connectivity index (χ0) is 25.2. The molecule has 4 rings (SSSR count). The third-order valence-corrected chi connectivity index (χ3v) is 7.08. The predicted octanol–water partition coefficient (Wildman–Crippen LogP) is 4.23. The number of likely N-dealkylation sites (tertiary alicyclic amines) is 1. The molecule has 2 N–H and O–H groups in total. The molecule has 2 aliphatic rings. The minimum Gasteiger partial charge on any atom is -0.342 e. The van der Waals surface area contributed by atoms with E-state index in [2.05, 4.69) is 35.2 Å². The first-order chi connectivity index (χ1) is 16.6. The van der Waals surface area contributed by atoms with Gasteiger partial charge in [-0.3, -0.25) is 14.6 Å². The molecule has 3 heterocycles. The molecule has 8 heteroatoms. The Bertz CT molecular complexity index is 1110. The van der Waals surface area contributed by atoms with Gasteiger partial charge in [-0.05, 0) is 76.2 Å². The van der Waals surface area contributed by atoms with Crippen molar-refractivity contribution in [1.29, 1.82) is 0 Å². The Morgan fingerprint density at radius 3 is 2.57 bits per heavy atom. The summed E-state index contributed by atoms with van der Waals surface area (Å²) in [5, 5.41) is 3.03. The summed E-state index contributed by atoms with van der Waals surface area (Å²) in [5.41, 5.74) is 4.94. The number of nitrogens with zero attached hydrogens (tertiary/aromatic N) is 4. The molecule has 8 nitrogen and oxygen atoms in total. The first-order valence-corrected chi connectivity index (χ1v) is 12.6. The summed E-state index contributed by atoms with van der Waals surface area (Å²) in [7, 11) is 3.84. The number of piperidine rings is 1. The Kier molecular flexibility index (Phi) is 7.40. The molecule has 0 unspecified atom stereocenters. The molecule has 2 amide bonds. The standard InChI is InChI=1S/C27H38N6O2/c1-18-16-28-25(29-18)26(35)31-22-7-6-21(30-24(22)20-8-12-27(2,3)13-9-20)19-10-14-33(15-11-19)23(34)17-32(4)5/h6-8,16,19H,9-15,17H2,1-5H3,(H,28,29)(H,31,35). The number of amides is 2. The number of aromatic nitrogens is 3. The highest BCUT2D eigenvalue weighted by molar-refractivity contribution is 6.03. The quantitative estimate of drug-likeness (QED) is 0.648. The Morgan fingerprint density at radius 1 is 1.23 bits per heavy atom. The molecule has 188 valence electrons. The van der Waals surface area contributed by atoms with Crippen molar-refractivity contribution in [3.63, 3.8) is 0 Å². The Hall–Kier alpha value is -3.00. The molecule has 0 aromatic carbocycles. The van der Waals surface area contributed by atoms with Crippen LogP contribution >= 0.6 is 0 Å². The van der Waals surface area contributed by atoms with E-state index in [1.807, 2.05) is 43.0 Å². The topological polar surface area (TPSA) is 94.2 Å². The van der Waals surface area contributed by atoms with Gasteiger partial charge >= 0.3 is 0 Å². The Labute approximate surface area is 208 Å². The second-order valence-corrected chi connectivity index (χ2v) is 11.0. The van der Waals surface area contributed by atoms with Gasteiger partial charge < -0.3 is 20.1 Å². The monoisotopic (exact) mass is 478 g/mol. The summed E-state index contributed by atoms with van der Waals surface area (Å²) < 4.78 is 0. The summed E-state index contributed by atoms with van der Waals surface area (Å²) in [4.78, 5) is 41.4. The van der Waals surface area contributed by atoms with E-state index in [9.17, 15) is 9.59 Å². The van der Waals surface area contributed by atoms with E-state index in [-0.39, 0.29) is 17.2 Å². The molecule has 0 saturated carbocycles. The van der Waals surface area contributed by atoms with Crippen molar-refractivity contribution < 1.29 is 9.59 Å². The average molecular weight is 479 g/mol. The first-order valence-electron chi connectivity index (χ1n) is 12.6. The molecule has 1 fully saturated rings. The lowest BCUT2D eigenvalue weighted by molar-refractivity contribution is -0.132. The minimum absolute atomic E-state index is 0.184. The first kappa shape index (κ1) is 25.1. The molecule has 0 atom stereocenters. The van der Waals surface area contributed by atoms with Crippen molar-refractivity contribution in [2.75, 3.05) is 39.0 Å². The zero-order valence-electron chi connectivity index (χ0n) is 21.6. The number of rotatable bonds is 6. The zero-order valence-corrected chi connectivity index (χ0v) is 21.6. The second kappa shape index (κ2) is 10.3. The van der Waals surface area contributed by atoms with Gasteiger partial charge in [-0.1, -0.05) is 19.9 Å². The van der Waals surface area contributed by atoms with E-state index in [0.29, 0.717) is 18.3 Å². The van der Waals surface area contributed by atoms with Crippen molar-refractivity contribution in [2.24, 2.45) is 5.41 Å². The fourth-order valence-electron chi connectivity index (χ4n) is 4.84. The number of aryl methyl sites for hydroxylation is 1. The lowest BCUT2D eigenvalue weighted by Gasteiger charge is -2.33.